The molecule has 2 heterocycles. The molecule has 4 nitrogen and oxygen atoms in total. The van der Waals surface area contributed by atoms with Crippen LogP contribution in [0.25, 0.3) is 0 Å². The summed E-state index contributed by atoms with van der Waals surface area (Å²) in [4.78, 5) is 5.79. The summed E-state index contributed by atoms with van der Waals surface area (Å²) in [5.41, 5.74) is 0. The molecule has 0 bridgehead atoms. The lowest BCUT2D eigenvalue weighted by Crippen LogP contribution is -2.37. The molecule has 6 heteroatoms. The second-order valence-corrected chi connectivity index (χ2v) is 4.77. The van der Waals surface area contributed by atoms with E-state index < -0.39 is 11.6 Å². The summed E-state index contributed by atoms with van der Waals surface area (Å²) in [6.45, 7) is 3.61. The third kappa shape index (κ3) is 3.32. The van der Waals surface area contributed by atoms with Crippen molar-refractivity contribution in [2.75, 3.05) is 29.9 Å². The first-order valence-corrected chi connectivity index (χ1v) is 6.64. The molecule has 1 saturated heterocycles. The van der Waals surface area contributed by atoms with Crippen LogP contribution in [0.3, 0.4) is 0 Å². The summed E-state index contributed by atoms with van der Waals surface area (Å²) in [5, 5.41) is 12.3. The maximum absolute atomic E-state index is 13.8. The topological polar surface area (TPSA) is 48.4 Å². The molecule has 1 aromatic heterocycles. The predicted octanol–water partition coefficient (Wildman–Crippen LogP) is 2.14. The van der Waals surface area contributed by atoms with Crippen molar-refractivity contribution in [3.63, 3.8) is 0 Å². The molecule has 19 heavy (non-hydrogen) atoms. The maximum atomic E-state index is 13.8. The van der Waals surface area contributed by atoms with E-state index in [0.717, 1.165) is 12.5 Å². The van der Waals surface area contributed by atoms with Crippen LogP contribution in [0.4, 0.5) is 20.4 Å². The van der Waals surface area contributed by atoms with Crippen molar-refractivity contribution in [3.05, 3.63) is 17.7 Å². The van der Waals surface area contributed by atoms with Crippen LogP contribution in [-0.2, 0) is 0 Å². The normalized spacial score (nSPS) is 16.7. The Labute approximate surface area is 111 Å². The van der Waals surface area contributed by atoms with Crippen molar-refractivity contribution >= 4 is 11.6 Å². The van der Waals surface area contributed by atoms with Gasteiger partial charge in [-0.05, 0) is 19.3 Å². The fourth-order valence-corrected chi connectivity index (χ4v) is 2.12. The molecule has 0 amide bonds. The monoisotopic (exact) mass is 271 g/mol. The molecule has 0 unspecified atom stereocenters. The Bertz CT molecular complexity index is 434. The second kappa shape index (κ2) is 6.14. The SMILES string of the molecule is CCCNc1nc(N2CCC(O)CC2)c(F)cc1F. The smallest absolute Gasteiger partial charge is 0.168 e. The highest BCUT2D eigenvalue weighted by Crippen LogP contribution is 2.25. The molecule has 0 aromatic carbocycles. The number of rotatable bonds is 4. The summed E-state index contributed by atoms with van der Waals surface area (Å²) >= 11 is 0. The quantitative estimate of drug-likeness (QED) is 0.881. The molecule has 2 N–H and O–H groups in total. The molecule has 0 aliphatic carbocycles. The van der Waals surface area contributed by atoms with Crippen LogP contribution in [0.1, 0.15) is 26.2 Å². The summed E-state index contributed by atoms with van der Waals surface area (Å²) in [6, 6.07) is 0.866. The lowest BCUT2D eigenvalue weighted by atomic mass is 10.1. The first kappa shape index (κ1) is 14.0. The van der Waals surface area contributed by atoms with E-state index in [0.29, 0.717) is 32.5 Å². The van der Waals surface area contributed by atoms with E-state index >= 15 is 0 Å². The molecular formula is C13H19F2N3O. The van der Waals surface area contributed by atoms with Gasteiger partial charge in [0.05, 0.1) is 6.10 Å². The summed E-state index contributed by atoms with van der Waals surface area (Å²) in [5.74, 6) is -1.08. The number of nitrogens with one attached hydrogen (secondary N) is 1. The highest BCUT2D eigenvalue weighted by molar-refractivity contribution is 5.49. The van der Waals surface area contributed by atoms with Crippen molar-refractivity contribution in [1.29, 1.82) is 0 Å². The Morgan fingerprint density at radius 3 is 2.68 bits per heavy atom. The Morgan fingerprint density at radius 2 is 2.05 bits per heavy atom. The molecule has 0 atom stereocenters. The standard InChI is InChI=1S/C13H19F2N3O/c1-2-5-16-12-10(14)8-11(15)13(17-12)18-6-3-9(19)4-7-18/h8-9,19H,2-7H2,1H3,(H,16,17). The number of pyridine rings is 1. The zero-order valence-electron chi connectivity index (χ0n) is 11.0. The molecule has 1 aliphatic rings. The van der Waals surface area contributed by atoms with Crippen molar-refractivity contribution in [2.45, 2.75) is 32.3 Å². The Kier molecular flexibility index (Phi) is 4.52. The lowest BCUT2D eigenvalue weighted by Gasteiger charge is -2.31. The average Bonchev–Trinajstić information content (AvgIpc) is 2.39. The second-order valence-electron chi connectivity index (χ2n) is 4.77. The van der Waals surface area contributed by atoms with Crippen LogP contribution in [0.2, 0.25) is 0 Å². The zero-order valence-corrected chi connectivity index (χ0v) is 11.0. The first-order valence-electron chi connectivity index (χ1n) is 6.64. The third-order valence-corrected chi connectivity index (χ3v) is 3.22. The Morgan fingerprint density at radius 1 is 1.37 bits per heavy atom. The predicted molar refractivity (Wildman–Crippen MR) is 70.4 cm³/mol. The van der Waals surface area contributed by atoms with Crippen LogP contribution in [0.5, 0.6) is 0 Å². The summed E-state index contributed by atoms with van der Waals surface area (Å²) in [7, 11) is 0. The van der Waals surface area contributed by atoms with Gasteiger partial charge in [0.15, 0.2) is 23.3 Å². The van der Waals surface area contributed by atoms with E-state index in [1.165, 1.54) is 0 Å². The van der Waals surface area contributed by atoms with E-state index in [2.05, 4.69) is 10.3 Å². The number of nitrogens with zero attached hydrogens (tertiary/aromatic N) is 2. The molecular weight excluding hydrogens is 252 g/mol. The van der Waals surface area contributed by atoms with Gasteiger partial charge in [-0.2, -0.15) is 0 Å². The van der Waals surface area contributed by atoms with Crippen molar-refractivity contribution in [2.24, 2.45) is 0 Å². The number of hydrogen-bond acceptors (Lipinski definition) is 4. The van der Waals surface area contributed by atoms with Gasteiger partial charge in [-0.15, -0.1) is 0 Å². The van der Waals surface area contributed by atoms with E-state index in [-0.39, 0.29) is 17.7 Å². The lowest BCUT2D eigenvalue weighted by molar-refractivity contribution is 0.145. The van der Waals surface area contributed by atoms with Crippen LogP contribution in [0.15, 0.2) is 6.07 Å². The van der Waals surface area contributed by atoms with Crippen LogP contribution in [-0.4, -0.2) is 35.8 Å². The number of piperidine rings is 1. The van der Waals surface area contributed by atoms with Crippen molar-refractivity contribution < 1.29 is 13.9 Å². The molecule has 1 aliphatic heterocycles. The van der Waals surface area contributed by atoms with Crippen molar-refractivity contribution in [3.8, 4) is 0 Å². The van der Waals surface area contributed by atoms with Gasteiger partial charge < -0.3 is 15.3 Å². The summed E-state index contributed by atoms with van der Waals surface area (Å²) < 4.78 is 27.4. The minimum Gasteiger partial charge on any atom is -0.393 e. The molecule has 0 radical (unpaired) electrons. The van der Waals surface area contributed by atoms with Gasteiger partial charge in [-0.25, -0.2) is 13.8 Å². The van der Waals surface area contributed by atoms with Gasteiger partial charge in [0.2, 0.25) is 0 Å². The molecule has 1 fully saturated rings. The number of anilines is 2. The Balaban J connectivity index is 2.19. The highest BCUT2D eigenvalue weighted by atomic mass is 19.1. The van der Waals surface area contributed by atoms with Gasteiger partial charge in [-0.1, -0.05) is 6.92 Å². The fourth-order valence-electron chi connectivity index (χ4n) is 2.12. The third-order valence-electron chi connectivity index (χ3n) is 3.22. The van der Waals surface area contributed by atoms with Gasteiger partial charge in [0.25, 0.3) is 0 Å². The van der Waals surface area contributed by atoms with Gasteiger partial charge in [-0.3, -0.25) is 0 Å². The largest absolute Gasteiger partial charge is 0.393 e. The van der Waals surface area contributed by atoms with Crippen LogP contribution < -0.4 is 10.2 Å². The van der Waals surface area contributed by atoms with Crippen LogP contribution >= 0.6 is 0 Å². The first-order chi connectivity index (χ1) is 9.11. The van der Waals surface area contributed by atoms with E-state index in [4.69, 9.17) is 0 Å². The highest BCUT2D eigenvalue weighted by Gasteiger charge is 2.22. The Hall–Kier alpha value is -1.43. The van der Waals surface area contributed by atoms with E-state index in [9.17, 15) is 13.9 Å². The van der Waals surface area contributed by atoms with Gasteiger partial charge in [0, 0.05) is 25.7 Å². The minimum absolute atomic E-state index is 0.0874. The number of aliphatic hydroxyl groups excluding tert-OH is 1. The fraction of sp³-hybridized carbons (Fsp3) is 0.615. The molecule has 0 spiro atoms. The maximum Gasteiger partial charge on any atom is 0.168 e. The molecule has 1 aromatic rings. The minimum atomic E-state index is -0.674. The summed E-state index contributed by atoms with van der Waals surface area (Å²) in [6.07, 6.45) is 1.66. The molecule has 0 saturated carbocycles. The van der Waals surface area contributed by atoms with Crippen LogP contribution in [0, 0.1) is 11.6 Å². The van der Waals surface area contributed by atoms with E-state index in [1.54, 1.807) is 4.90 Å². The number of hydrogen-bond donors (Lipinski definition) is 2. The number of halogens is 2. The molecule has 2 rings (SSSR count). The zero-order chi connectivity index (χ0) is 13.8. The van der Waals surface area contributed by atoms with Crippen molar-refractivity contribution in [1.82, 2.24) is 4.98 Å². The van der Waals surface area contributed by atoms with Gasteiger partial charge in [0.1, 0.15) is 0 Å². The number of aromatic nitrogens is 1. The van der Waals surface area contributed by atoms with E-state index in [1.807, 2.05) is 6.92 Å². The molecule has 106 valence electrons. The average molecular weight is 271 g/mol. The van der Waals surface area contributed by atoms with Gasteiger partial charge >= 0.3 is 0 Å². The number of aliphatic hydroxyl groups is 1.